The average molecular weight is 273 g/mol. The Morgan fingerprint density at radius 3 is 2.53 bits per heavy atom. The molecule has 1 atom stereocenters. The lowest BCUT2D eigenvalue weighted by Gasteiger charge is -2.30. The summed E-state index contributed by atoms with van der Waals surface area (Å²) < 4.78 is 0. The highest BCUT2D eigenvalue weighted by atomic mass is 35.5. The standard InChI is InChI=1S/C13H18Cl2N2/c1-2-17(10-4-5-10)13(8-16)9-3-6-11(14)12(15)7-9/h3,6-7,10,13H,2,4-5,8,16H2,1H3. The normalized spacial score (nSPS) is 17.5. The van der Waals surface area contributed by atoms with Crippen molar-refractivity contribution >= 4 is 23.2 Å². The first kappa shape index (κ1) is 13.2. The SMILES string of the molecule is CCN(C1CC1)C(CN)c1ccc(Cl)c(Cl)c1. The van der Waals surface area contributed by atoms with Gasteiger partial charge >= 0.3 is 0 Å². The van der Waals surface area contributed by atoms with Gasteiger partial charge in [-0.2, -0.15) is 0 Å². The minimum Gasteiger partial charge on any atom is -0.329 e. The van der Waals surface area contributed by atoms with E-state index in [1.807, 2.05) is 18.2 Å². The number of rotatable bonds is 5. The molecule has 2 N–H and O–H groups in total. The van der Waals surface area contributed by atoms with Crippen LogP contribution in [-0.4, -0.2) is 24.0 Å². The maximum absolute atomic E-state index is 6.07. The number of hydrogen-bond donors (Lipinski definition) is 1. The maximum Gasteiger partial charge on any atom is 0.0595 e. The van der Waals surface area contributed by atoms with Crippen LogP contribution >= 0.6 is 23.2 Å². The number of halogens is 2. The lowest BCUT2D eigenvalue weighted by atomic mass is 10.1. The summed E-state index contributed by atoms with van der Waals surface area (Å²) in [7, 11) is 0. The highest BCUT2D eigenvalue weighted by Crippen LogP contribution is 2.35. The topological polar surface area (TPSA) is 29.3 Å². The van der Waals surface area contributed by atoms with Gasteiger partial charge in [0.05, 0.1) is 10.0 Å². The van der Waals surface area contributed by atoms with Crippen molar-refractivity contribution in [2.75, 3.05) is 13.1 Å². The molecule has 0 saturated heterocycles. The molecule has 1 aromatic carbocycles. The number of likely N-dealkylation sites (N-methyl/N-ethyl adjacent to an activating group) is 1. The second kappa shape index (κ2) is 5.57. The lowest BCUT2D eigenvalue weighted by Crippen LogP contribution is -2.35. The Labute approximate surface area is 113 Å². The van der Waals surface area contributed by atoms with Crippen molar-refractivity contribution in [3.05, 3.63) is 33.8 Å². The van der Waals surface area contributed by atoms with Gasteiger partial charge in [0.1, 0.15) is 0 Å². The molecule has 2 rings (SSSR count). The number of nitrogens with two attached hydrogens (primary N) is 1. The molecule has 17 heavy (non-hydrogen) atoms. The molecule has 0 bridgehead atoms. The molecule has 0 amide bonds. The van der Waals surface area contributed by atoms with Gasteiger partial charge in [0.25, 0.3) is 0 Å². The predicted molar refractivity (Wildman–Crippen MR) is 73.7 cm³/mol. The van der Waals surface area contributed by atoms with Crippen LogP contribution in [0.2, 0.25) is 10.0 Å². The third kappa shape index (κ3) is 2.94. The Bertz CT molecular complexity index is 391. The summed E-state index contributed by atoms with van der Waals surface area (Å²) in [6.07, 6.45) is 2.57. The van der Waals surface area contributed by atoms with Crippen molar-refractivity contribution in [2.24, 2.45) is 5.73 Å². The van der Waals surface area contributed by atoms with Crippen molar-refractivity contribution in [3.8, 4) is 0 Å². The van der Waals surface area contributed by atoms with E-state index in [0.29, 0.717) is 22.6 Å². The molecule has 1 saturated carbocycles. The summed E-state index contributed by atoms with van der Waals surface area (Å²) in [5.41, 5.74) is 7.08. The molecular formula is C13H18Cl2N2. The van der Waals surface area contributed by atoms with E-state index < -0.39 is 0 Å². The number of hydrogen-bond acceptors (Lipinski definition) is 2. The second-order valence-corrected chi connectivity index (χ2v) is 5.30. The van der Waals surface area contributed by atoms with E-state index in [-0.39, 0.29) is 6.04 Å². The summed E-state index contributed by atoms with van der Waals surface area (Å²) in [4.78, 5) is 2.46. The summed E-state index contributed by atoms with van der Waals surface area (Å²) in [5, 5.41) is 1.20. The van der Waals surface area contributed by atoms with Gasteiger partial charge in [0.2, 0.25) is 0 Å². The van der Waals surface area contributed by atoms with Gasteiger partial charge in [-0.05, 0) is 37.1 Å². The van der Waals surface area contributed by atoms with Crippen LogP contribution in [0.5, 0.6) is 0 Å². The van der Waals surface area contributed by atoms with Crippen LogP contribution in [0.4, 0.5) is 0 Å². The molecular weight excluding hydrogens is 255 g/mol. The molecule has 1 aliphatic carbocycles. The zero-order chi connectivity index (χ0) is 12.4. The minimum absolute atomic E-state index is 0.252. The van der Waals surface area contributed by atoms with Crippen LogP contribution in [0, 0.1) is 0 Å². The highest BCUT2D eigenvalue weighted by Gasteiger charge is 2.32. The van der Waals surface area contributed by atoms with Crippen LogP contribution in [0.15, 0.2) is 18.2 Å². The van der Waals surface area contributed by atoms with E-state index in [2.05, 4.69) is 11.8 Å². The fourth-order valence-electron chi connectivity index (χ4n) is 2.32. The zero-order valence-corrected chi connectivity index (χ0v) is 11.5. The van der Waals surface area contributed by atoms with Crippen LogP contribution < -0.4 is 5.73 Å². The van der Waals surface area contributed by atoms with Crippen LogP contribution in [0.3, 0.4) is 0 Å². The predicted octanol–water partition coefficient (Wildman–Crippen LogP) is 3.48. The van der Waals surface area contributed by atoms with Crippen molar-refractivity contribution in [2.45, 2.75) is 31.8 Å². The van der Waals surface area contributed by atoms with E-state index in [1.54, 1.807) is 0 Å². The van der Waals surface area contributed by atoms with Crippen molar-refractivity contribution in [1.29, 1.82) is 0 Å². The molecule has 0 heterocycles. The van der Waals surface area contributed by atoms with E-state index in [1.165, 1.54) is 12.8 Å². The van der Waals surface area contributed by atoms with Crippen LogP contribution in [0.25, 0.3) is 0 Å². The Morgan fingerprint density at radius 2 is 2.06 bits per heavy atom. The monoisotopic (exact) mass is 272 g/mol. The van der Waals surface area contributed by atoms with Gasteiger partial charge in [-0.3, -0.25) is 4.90 Å². The van der Waals surface area contributed by atoms with E-state index in [9.17, 15) is 0 Å². The van der Waals surface area contributed by atoms with Crippen molar-refractivity contribution in [1.82, 2.24) is 4.90 Å². The molecule has 0 aromatic heterocycles. The molecule has 1 aliphatic rings. The van der Waals surface area contributed by atoms with E-state index in [0.717, 1.165) is 12.1 Å². The summed E-state index contributed by atoms with van der Waals surface area (Å²) in [6, 6.07) is 6.76. The quantitative estimate of drug-likeness (QED) is 0.890. The Balaban J connectivity index is 2.23. The fourth-order valence-corrected chi connectivity index (χ4v) is 2.63. The largest absolute Gasteiger partial charge is 0.329 e. The third-order valence-electron chi connectivity index (χ3n) is 3.33. The molecule has 1 fully saturated rings. The molecule has 0 radical (unpaired) electrons. The van der Waals surface area contributed by atoms with Crippen LogP contribution in [0.1, 0.15) is 31.4 Å². The first-order chi connectivity index (χ1) is 8.17. The lowest BCUT2D eigenvalue weighted by molar-refractivity contribution is 0.202. The highest BCUT2D eigenvalue weighted by molar-refractivity contribution is 6.42. The van der Waals surface area contributed by atoms with Gasteiger partial charge in [-0.25, -0.2) is 0 Å². The van der Waals surface area contributed by atoms with Gasteiger partial charge < -0.3 is 5.73 Å². The molecule has 1 aromatic rings. The maximum atomic E-state index is 6.07. The molecule has 94 valence electrons. The summed E-state index contributed by atoms with van der Waals surface area (Å²) in [6.45, 7) is 3.81. The fraction of sp³-hybridized carbons (Fsp3) is 0.538. The second-order valence-electron chi connectivity index (χ2n) is 4.49. The first-order valence-corrected chi connectivity index (χ1v) is 6.83. The zero-order valence-electron chi connectivity index (χ0n) is 10.00. The molecule has 0 spiro atoms. The summed E-state index contributed by atoms with van der Waals surface area (Å²) >= 11 is 12.0. The Morgan fingerprint density at radius 1 is 1.35 bits per heavy atom. The molecule has 2 nitrogen and oxygen atoms in total. The van der Waals surface area contributed by atoms with Crippen molar-refractivity contribution < 1.29 is 0 Å². The van der Waals surface area contributed by atoms with E-state index in [4.69, 9.17) is 28.9 Å². The summed E-state index contributed by atoms with van der Waals surface area (Å²) in [5.74, 6) is 0. The van der Waals surface area contributed by atoms with Gasteiger partial charge in [0, 0.05) is 18.6 Å². The first-order valence-electron chi connectivity index (χ1n) is 6.08. The van der Waals surface area contributed by atoms with E-state index >= 15 is 0 Å². The third-order valence-corrected chi connectivity index (χ3v) is 4.07. The van der Waals surface area contributed by atoms with Gasteiger partial charge in [-0.1, -0.05) is 36.2 Å². The van der Waals surface area contributed by atoms with Gasteiger partial charge in [0.15, 0.2) is 0 Å². The average Bonchev–Trinajstić information content (AvgIpc) is 3.14. The van der Waals surface area contributed by atoms with Crippen LogP contribution in [-0.2, 0) is 0 Å². The van der Waals surface area contributed by atoms with Crippen molar-refractivity contribution in [3.63, 3.8) is 0 Å². The Hall–Kier alpha value is -0.280. The molecule has 4 heteroatoms. The molecule has 1 unspecified atom stereocenters. The Kier molecular flexibility index (Phi) is 4.31. The molecule has 0 aliphatic heterocycles. The number of benzene rings is 1. The van der Waals surface area contributed by atoms with Gasteiger partial charge in [-0.15, -0.1) is 0 Å². The number of nitrogens with zero attached hydrogens (tertiary/aromatic N) is 1. The minimum atomic E-state index is 0.252. The smallest absolute Gasteiger partial charge is 0.0595 e.